The van der Waals surface area contributed by atoms with Crippen LogP contribution in [-0.4, -0.2) is 41.4 Å². The van der Waals surface area contributed by atoms with Crippen LogP contribution in [0.25, 0.3) is 0 Å². The second-order valence-corrected chi connectivity index (χ2v) is 6.92. The van der Waals surface area contributed by atoms with Crippen molar-refractivity contribution in [2.75, 3.05) is 25.5 Å². The third-order valence-corrected chi connectivity index (χ3v) is 4.74. The van der Waals surface area contributed by atoms with Gasteiger partial charge in [-0.3, -0.25) is 4.79 Å². The van der Waals surface area contributed by atoms with E-state index >= 15 is 0 Å². The molecule has 0 bridgehead atoms. The highest BCUT2D eigenvalue weighted by Crippen LogP contribution is 2.40. The summed E-state index contributed by atoms with van der Waals surface area (Å²) in [6.07, 6.45) is 1.87. The van der Waals surface area contributed by atoms with Crippen LogP contribution < -0.4 is 4.90 Å². The highest BCUT2D eigenvalue weighted by atomic mass is 19.1. The number of hydrogen-bond acceptors (Lipinski definition) is 4. The third-order valence-electron chi connectivity index (χ3n) is 4.74. The molecular weight excluding hydrogens is 319 g/mol. The smallest absolute Gasteiger partial charge is 0.272 e. The Balaban J connectivity index is 2.04. The molecule has 132 valence electrons. The Bertz CT molecular complexity index is 791. The fraction of sp³-hybridized carbons (Fsp3) is 0.421. The minimum Gasteiger partial charge on any atom is -0.359 e. The SMILES string of the molecule is Cc1cc(C(=O)N(C)C)nc(C2(C)CCCN2c2ccc(F)cc2)n1. The highest BCUT2D eigenvalue weighted by Gasteiger charge is 2.41. The Labute approximate surface area is 147 Å². The monoisotopic (exact) mass is 342 g/mol. The van der Waals surface area contributed by atoms with E-state index in [0.29, 0.717) is 11.5 Å². The van der Waals surface area contributed by atoms with Crippen LogP contribution >= 0.6 is 0 Å². The summed E-state index contributed by atoms with van der Waals surface area (Å²) < 4.78 is 13.3. The Hall–Kier alpha value is -2.50. The fourth-order valence-corrected chi connectivity index (χ4v) is 3.38. The van der Waals surface area contributed by atoms with Gasteiger partial charge in [0.1, 0.15) is 11.5 Å². The zero-order chi connectivity index (χ0) is 18.2. The summed E-state index contributed by atoms with van der Waals surface area (Å²) >= 11 is 0. The number of carbonyl (C=O) groups is 1. The predicted octanol–water partition coefficient (Wildman–Crippen LogP) is 3.14. The molecule has 1 unspecified atom stereocenters. The van der Waals surface area contributed by atoms with Crippen LogP contribution in [0.15, 0.2) is 30.3 Å². The number of halogens is 1. The zero-order valence-electron chi connectivity index (χ0n) is 15.1. The van der Waals surface area contributed by atoms with Crippen LogP contribution in [-0.2, 0) is 5.54 Å². The maximum absolute atomic E-state index is 13.3. The van der Waals surface area contributed by atoms with Crippen LogP contribution in [0.3, 0.4) is 0 Å². The molecule has 1 aromatic heterocycles. The number of benzene rings is 1. The Morgan fingerprint density at radius 1 is 1.24 bits per heavy atom. The number of carbonyl (C=O) groups excluding carboxylic acids is 1. The number of amides is 1. The lowest BCUT2D eigenvalue weighted by atomic mass is 9.96. The molecule has 1 aliphatic rings. The Morgan fingerprint density at radius 2 is 1.92 bits per heavy atom. The highest BCUT2D eigenvalue weighted by molar-refractivity contribution is 5.92. The number of anilines is 1. The lowest BCUT2D eigenvalue weighted by Crippen LogP contribution is -2.41. The van der Waals surface area contributed by atoms with Crippen LogP contribution in [0.2, 0.25) is 0 Å². The summed E-state index contributed by atoms with van der Waals surface area (Å²) in [5.74, 6) is 0.247. The van der Waals surface area contributed by atoms with Crippen LogP contribution in [0.4, 0.5) is 10.1 Å². The first-order chi connectivity index (χ1) is 11.8. The fourth-order valence-electron chi connectivity index (χ4n) is 3.38. The van der Waals surface area contributed by atoms with Gasteiger partial charge in [0.05, 0.1) is 5.54 Å². The minimum absolute atomic E-state index is 0.137. The maximum Gasteiger partial charge on any atom is 0.272 e. The molecule has 2 aromatic rings. The van der Waals surface area contributed by atoms with Gasteiger partial charge in [-0.2, -0.15) is 0 Å². The molecule has 2 heterocycles. The van der Waals surface area contributed by atoms with E-state index in [1.165, 1.54) is 17.0 Å². The molecule has 1 fully saturated rings. The van der Waals surface area contributed by atoms with Gasteiger partial charge in [0.2, 0.25) is 0 Å². The van der Waals surface area contributed by atoms with Gasteiger partial charge in [0, 0.05) is 32.0 Å². The second kappa shape index (κ2) is 6.43. The lowest BCUT2D eigenvalue weighted by Gasteiger charge is -2.36. The number of aromatic nitrogens is 2. The zero-order valence-corrected chi connectivity index (χ0v) is 15.1. The third kappa shape index (κ3) is 3.21. The van der Waals surface area contributed by atoms with Crippen molar-refractivity contribution in [3.8, 4) is 0 Å². The van der Waals surface area contributed by atoms with E-state index in [9.17, 15) is 9.18 Å². The molecule has 0 spiro atoms. The van der Waals surface area contributed by atoms with Crippen LogP contribution in [0.1, 0.15) is 41.8 Å². The molecule has 1 aliphatic heterocycles. The van der Waals surface area contributed by atoms with E-state index in [1.54, 1.807) is 32.3 Å². The summed E-state index contributed by atoms with van der Waals surface area (Å²) in [4.78, 5) is 25.3. The van der Waals surface area contributed by atoms with Crippen molar-refractivity contribution < 1.29 is 9.18 Å². The van der Waals surface area contributed by atoms with E-state index in [1.807, 2.05) is 6.92 Å². The van der Waals surface area contributed by atoms with Gasteiger partial charge in [-0.25, -0.2) is 14.4 Å². The van der Waals surface area contributed by atoms with E-state index in [2.05, 4.69) is 21.8 Å². The largest absolute Gasteiger partial charge is 0.359 e. The van der Waals surface area contributed by atoms with Crippen molar-refractivity contribution in [3.63, 3.8) is 0 Å². The molecule has 0 aliphatic carbocycles. The molecule has 1 atom stereocenters. The average Bonchev–Trinajstić information content (AvgIpc) is 2.97. The summed E-state index contributed by atoms with van der Waals surface area (Å²) in [5.41, 5.74) is 1.68. The molecule has 25 heavy (non-hydrogen) atoms. The number of rotatable bonds is 3. The Morgan fingerprint density at radius 3 is 2.56 bits per heavy atom. The number of nitrogens with zero attached hydrogens (tertiary/aromatic N) is 4. The van der Waals surface area contributed by atoms with Crippen molar-refractivity contribution in [1.82, 2.24) is 14.9 Å². The van der Waals surface area contributed by atoms with Gasteiger partial charge in [0.25, 0.3) is 5.91 Å². The first kappa shape index (κ1) is 17.3. The summed E-state index contributed by atoms with van der Waals surface area (Å²) in [6.45, 7) is 4.80. The van der Waals surface area contributed by atoms with Gasteiger partial charge in [-0.1, -0.05) is 0 Å². The van der Waals surface area contributed by atoms with Crippen LogP contribution in [0.5, 0.6) is 0 Å². The molecule has 5 nitrogen and oxygen atoms in total. The topological polar surface area (TPSA) is 49.3 Å². The summed E-state index contributed by atoms with van der Waals surface area (Å²) in [7, 11) is 3.42. The molecule has 6 heteroatoms. The summed E-state index contributed by atoms with van der Waals surface area (Å²) in [5, 5.41) is 0. The van der Waals surface area contributed by atoms with Gasteiger partial charge < -0.3 is 9.80 Å². The van der Waals surface area contributed by atoms with E-state index in [0.717, 1.165) is 30.8 Å². The molecule has 0 N–H and O–H groups in total. The molecule has 0 radical (unpaired) electrons. The molecule has 1 amide bonds. The van der Waals surface area contributed by atoms with Gasteiger partial charge in [0.15, 0.2) is 5.82 Å². The van der Waals surface area contributed by atoms with E-state index in [4.69, 9.17) is 0 Å². The van der Waals surface area contributed by atoms with Crippen molar-refractivity contribution in [1.29, 1.82) is 0 Å². The number of hydrogen-bond donors (Lipinski definition) is 0. The molecular formula is C19H23FN4O. The average molecular weight is 342 g/mol. The summed E-state index contributed by atoms with van der Waals surface area (Å²) in [6, 6.07) is 8.20. The Kier molecular flexibility index (Phi) is 4.45. The molecule has 0 saturated carbocycles. The normalized spacial score (nSPS) is 20.0. The minimum atomic E-state index is -0.425. The quantitative estimate of drug-likeness (QED) is 0.860. The molecule has 1 aromatic carbocycles. The van der Waals surface area contributed by atoms with Gasteiger partial charge >= 0.3 is 0 Å². The first-order valence-electron chi connectivity index (χ1n) is 8.42. The van der Waals surface area contributed by atoms with Crippen molar-refractivity contribution >= 4 is 11.6 Å². The molecule has 3 rings (SSSR count). The lowest BCUT2D eigenvalue weighted by molar-refractivity contribution is 0.0821. The number of aryl methyl sites for hydroxylation is 1. The second-order valence-electron chi connectivity index (χ2n) is 6.92. The van der Waals surface area contributed by atoms with Crippen molar-refractivity contribution in [2.45, 2.75) is 32.2 Å². The first-order valence-corrected chi connectivity index (χ1v) is 8.42. The van der Waals surface area contributed by atoms with E-state index in [-0.39, 0.29) is 11.7 Å². The molecule has 1 saturated heterocycles. The maximum atomic E-state index is 13.3. The van der Waals surface area contributed by atoms with Crippen molar-refractivity contribution in [3.05, 3.63) is 53.4 Å². The van der Waals surface area contributed by atoms with Gasteiger partial charge in [-0.15, -0.1) is 0 Å². The van der Waals surface area contributed by atoms with Crippen molar-refractivity contribution in [2.24, 2.45) is 0 Å². The van der Waals surface area contributed by atoms with Crippen LogP contribution in [0, 0.1) is 12.7 Å². The van der Waals surface area contributed by atoms with E-state index < -0.39 is 5.54 Å². The van der Waals surface area contributed by atoms with Gasteiger partial charge in [-0.05, 0) is 57.0 Å². The standard InChI is InChI=1S/C19H23FN4O/c1-13-12-16(17(25)23(3)4)22-18(21-13)19(2)10-5-11-24(19)15-8-6-14(20)7-9-15/h6-9,12H,5,10-11H2,1-4H3. The predicted molar refractivity (Wildman–Crippen MR) is 95.1 cm³/mol.